The van der Waals surface area contributed by atoms with E-state index in [9.17, 15) is 4.79 Å². The van der Waals surface area contributed by atoms with Crippen LogP contribution in [-0.2, 0) is 0 Å². The topological polar surface area (TPSA) is 58.4 Å². The molecule has 1 amide bonds. The Morgan fingerprint density at radius 2 is 1.88 bits per heavy atom. The number of hydrogen-bond acceptors (Lipinski definition) is 3. The Morgan fingerprint density at radius 3 is 2.46 bits per heavy atom. The second kappa shape index (κ2) is 11.0. The third kappa shape index (κ3) is 6.42. The van der Waals surface area contributed by atoms with Crippen LogP contribution in [0.15, 0.2) is 18.2 Å². The molecule has 1 rings (SSSR count). The maximum absolute atomic E-state index is 12.4. The summed E-state index contributed by atoms with van der Waals surface area (Å²) in [6.45, 7) is 10.8. The van der Waals surface area contributed by atoms with E-state index in [1.54, 1.807) is 11.0 Å². The molecule has 0 bridgehead atoms. The van der Waals surface area contributed by atoms with Crippen molar-refractivity contribution in [3.63, 3.8) is 0 Å². The van der Waals surface area contributed by atoms with Crippen molar-refractivity contribution in [2.24, 2.45) is 5.92 Å². The number of carbonyl (C=O) groups is 1. The van der Waals surface area contributed by atoms with E-state index in [0.29, 0.717) is 30.3 Å². The lowest BCUT2D eigenvalue weighted by Gasteiger charge is -2.20. The predicted molar refractivity (Wildman–Crippen MR) is 105 cm³/mol. The lowest BCUT2D eigenvalue weighted by Crippen LogP contribution is -2.30. The summed E-state index contributed by atoms with van der Waals surface area (Å²) in [5.74, 6) is 0.667. The maximum atomic E-state index is 12.4. The molecule has 0 aliphatic heterocycles. The van der Waals surface area contributed by atoms with Gasteiger partial charge in [0.25, 0.3) is 5.91 Å². The summed E-state index contributed by atoms with van der Waals surface area (Å²) in [4.78, 5) is 14.2. The van der Waals surface area contributed by atoms with Gasteiger partial charge in [0.2, 0.25) is 0 Å². The van der Waals surface area contributed by atoms with Gasteiger partial charge in [-0.1, -0.05) is 39.5 Å². The van der Waals surface area contributed by atoms with E-state index in [1.807, 2.05) is 26.0 Å². The first-order valence-corrected chi connectivity index (χ1v) is 9.46. The van der Waals surface area contributed by atoms with Crippen molar-refractivity contribution in [1.29, 1.82) is 0 Å². The van der Waals surface area contributed by atoms with Crippen molar-refractivity contribution in [3.05, 3.63) is 23.8 Å². The SMILES string of the molecule is CCCCCCC(C)CNc1ccc(C(=O)N(CC)CC)cc1N. The van der Waals surface area contributed by atoms with Crippen molar-refractivity contribution < 1.29 is 4.79 Å². The maximum Gasteiger partial charge on any atom is 0.253 e. The minimum Gasteiger partial charge on any atom is -0.397 e. The molecule has 0 aliphatic carbocycles. The minimum atomic E-state index is 0.0440. The van der Waals surface area contributed by atoms with Crippen LogP contribution in [0, 0.1) is 5.92 Å². The van der Waals surface area contributed by atoms with Gasteiger partial charge in [-0.05, 0) is 44.4 Å². The third-order valence-electron chi connectivity index (χ3n) is 4.54. The molecule has 0 saturated carbocycles. The largest absolute Gasteiger partial charge is 0.397 e. The number of nitrogen functional groups attached to an aromatic ring is 1. The zero-order valence-electron chi connectivity index (χ0n) is 15.9. The number of benzene rings is 1. The molecule has 0 fully saturated rings. The second-order valence-electron chi connectivity index (χ2n) is 6.61. The summed E-state index contributed by atoms with van der Waals surface area (Å²) in [6, 6.07) is 5.58. The van der Waals surface area contributed by atoms with Gasteiger partial charge in [0.15, 0.2) is 0 Å². The molecule has 1 aromatic rings. The molecule has 3 N–H and O–H groups in total. The van der Waals surface area contributed by atoms with Crippen molar-refractivity contribution in [2.75, 3.05) is 30.7 Å². The van der Waals surface area contributed by atoms with Gasteiger partial charge >= 0.3 is 0 Å². The van der Waals surface area contributed by atoms with Gasteiger partial charge in [0.05, 0.1) is 11.4 Å². The summed E-state index contributed by atoms with van der Waals surface area (Å²) in [7, 11) is 0. The molecule has 136 valence electrons. The summed E-state index contributed by atoms with van der Waals surface area (Å²) in [6.07, 6.45) is 6.47. The average molecular weight is 334 g/mol. The molecule has 0 heterocycles. The van der Waals surface area contributed by atoms with Gasteiger partial charge in [-0.2, -0.15) is 0 Å². The van der Waals surface area contributed by atoms with Crippen LogP contribution in [0.2, 0.25) is 0 Å². The van der Waals surface area contributed by atoms with Gasteiger partial charge in [-0.25, -0.2) is 0 Å². The van der Waals surface area contributed by atoms with E-state index >= 15 is 0 Å². The first-order valence-electron chi connectivity index (χ1n) is 9.46. The summed E-state index contributed by atoms with van der Waals surface area (Å²) in [5, 5.41) is 3.43. The van der Waals surface area contributed by atoms with Crippen molar-refractivity contribution in [1.82, 2.24) is 4.90 Å². The van der Waals surface area contributed by atoms with Gasteiger partial charge in [0, 0.05) is 25.2 Å². The number of nitrogens with two attached hydrogens (primary N) is 1. The van der Waals surface area contributed by atoms with Crippen LogP contribution in [0.1, 0.15) is 70.2 Å². The normalized spacial score (nSPS) is 12.0. The van der Waals surface area contributed by atoms with Crippen LogP contribution in [0.3, 0.4) is 0 Å². The van der Waals surface area contributed by atoms with E-state index in [-0.39, 0.29) is 5.91 Å². The monoisotopic (exact) mass is 333 g/mol. The highest BCUT2D eigenvalue weighted by atomic mass is 16.2. The van der Waals surface area contributed by atoms with E-state index < -0.39 is 0 Å². The Kier molecular flexibility index (Phi) is 9.28. The third-order valence-corrected chi connectivity index (χ3v) is 4.54. The fourth-order valence-electron chi connectivity index (χ4n) is 2.86. The predicted octanol–water partition coefficient (Wildman–Crippen LogP) is 4.77. The van der Waals surface area contributed by atoms with E-state index in [0.717, 1.165) is 12.2 Å². The summed E-state index contributed by atoms with van der Waals surface area (Å²) in [5.41, 5.74) is 8.36. The molecular formula is C20H35N3O. The number of hydrogen-bond donors (Lipinski definition) is 2. The Bertz CT molecular complexity index is 498. The standard InChI is InChI=1S/C20H35N3O/c1-5-8-9-10-11-16(4)15-22-19-13-12-17(14-18(19)21)20(24)23(6-2)7-3/h12-14,16,22H,5-11,15,21H2,1-4H3. The summed E-state index contributed by atoms with van der Waals surface area (Å²) >= 11 is 0. The Hall–Kier alpha value is -1.71. The highest BCUT2D eigenvalue weighted by molar-refractivity contribution is 5.96. The number of unbranched alkanes of at least 4 members (excludes halogenated alkanes) is 3. The van der Waals surface area contributed by atoms with Crippen molar-refractivity contribution >= 4 is 17.3 Å². The minimum absolute atomic E-state index is 0.0440. The number of rotatable bonds is 11. The lowest BCUT2D eigenvalue weighted by molar-refractivity contribution is 0.0773. The Morgan fingerprint density at radius 1 is 1.17 bits per heavy atom. The number of anilines is 2. The molecule has 4 heteroatoms. The second-order valence-corrected chi connectivity index (χ2v) is 6.61. The first-order chi connectivity index (χ1) is 11.5. The van der Waals surface area contributed by atoms with Crippen LogP contribution in [0.25, 0.3) is 0 Å². The molecule has 1 aromatic carbocycles. The smallest absolute Gasteiger partial charge is 0.253 e. The van der Waals surface area contributed by atoms with Gasteiger partial charge < -0.3 is 16.0 Å². The quantitative estimate of drug-likeness (QED) is 0.453. The van der Waals surface area contributed by atoms with E-state index in [2.05, 4.69) is 19.2 Å². The van der Waals surface area contributed by atoms with Crippen LogP contribution in [0.4, 0.5) is 11.4 Å². The Labute approximate surface area is 147 Å². The zero-order valence-corrected chi connectivity index (χ0v) is 15.9. The molecular weight excluding hydrogens is 298 g/mol. The summed E-state index contributed by atoms with van der Waals surface area (Å²) < 4.78 is 0. The van der Waals surface area contributed by atoms with Crippen LogP contribution >= 0.6 is 0 Å². The fraction of sp³-hybridized carbons (Fsp3) is 0.650. The van der Waals surface area contributed by atoms with Gasteiger partial charge in [-0.15, -0.1) is 0 Å². The molecule has 0 aromatic heterocycles. The van der Waals surface area contributed by atoms with E-state index in [1.165, 1.54) is 32.1 Å². The van der Waals surface area contributed by atoms with Crippen molar-refractivity contribution in [3.8, 4) is 0 Å². The van der Waals surface area contributed by atoms with Crippen LogP contribution in [0.5, 0.6) is 0 Å². The Balaban J connectivity index is 2.54. The highest BCUT2D eigenvalue weighted by Crippen LogP contribution is 2.22. The van der Waals surface area contributed by atoms with Crippen molar-refractivity contribution in [2.45, 2.75) is 59.8 Å². The molecule has 24 heavy (non-hydrogen) atoms. The zero-order chi connectivity index (χ0) is 17.9. The first kappa shape index (κ1) is 20.3. The van der Waals surface area contributed by atoms with E-state index in [4.69, 9.17) is 5.73 Å². The number of nitrogens with zero attached hydrogens (tertiary/aromatic N) is 1. The highest BCUT2D eigenvalue weighted by Gasteiger charge is 2.13. The number of carbonyl (C=O) groups excluding carboxylic acids is 1. The molecule has 0 aliphatic rings. The van der Waals surface area contributed by atoms with Gasteiger partial charge in [-0.3, -0.25) is 4.79 Å². The molecule has 0 radical (unpaired) electrons. The molecule has 0 saturated heterocycles. The van der Waals surface area contributed by atoms with Crippen LogP contribution < -0.4 is 11.1 Å². The molecule has 1 atom stereocenters. The molecule has 4 nitrogen and oxygen atoms in total. The lowest BCUT2D eigenvalue weighted by atomic mass is 10.0. The molecule has 0 spiro atoms. The molecule has 1 unspecified atom stereocenters. The fourth-order valence-corrected chi connectivity index (χ4v) is 2.86. The number of nitrogens with one attached hydrogen (secondary N) is 1. The van der Waals surface area contributed by atoms with Crippen LogP contribution in [-0.4, -0.2) is 30.4 Å². The number of amides is 1. The van der Waals surface area contributed by atoms with Gasteiger partial charge in [0.1, 0.15) is 0 Å². The average Bonchev–Trinajstić information content (AvgIpc) is 2.58.